The van der Waals surface area contributed by atoms with E-state index in [2.05, 4.69) is 41.7 Å². The molecule has 3 rings (SSSR count). The molecule has 0 radical (unpaired) electrons. The lowest BCUT2D eigenvalue weighted by Gasteiger charge is -2.26. The molecule has 0 aliphatic carbocycles. The molecule has 0 aromatic heterocycles. The zero-order valence-electron chi connectivity index (χ0n) is 12.3. The summed E-state index contributed by atoms with van der Waals surface area (Å²) in [5, 5.41) is 3.71. The first-order valence-electron chi connectivity index (χ1n) is 7.45. The van der Waals surface area contributed by atoms with Gasteiger partial charge in [-0.3, -0.25) is 0 Å². The second kappa shape index (κ2) is 7.01. The van der Waals surface area contributed by atoms with Crippen LogP contribution in [0.4, 0.5) is 0 Å². The first kappa shape index (κ1) is 14.5. The summed E-state index contributed by atoms with van der Waals surface area (Å²) in [4.78, 5) is 1.43. The Morgan fingerprint density at radius 1 is 1.14 bits per heavy atom. The summed E-state index contributed by atoms with van der Waals surface area (Å²) in [7, 11) is 1.74. The zero-order valence-corrected chi connectivity index (χ0v) is 13.2. The van der Waals surface area contributed by atoms with Gasteiger partial charge in [0.1, 0.15) is 5.75 Å². The molecule has 2 nitrogen and oxygen atoms in total. The minimum absolute atomic E-state index is 0.483. The summed E-state index contributed by atoms with van der Waals surface area (Å²) in [6.07, 6.45) is 2.20. The van der Waals surface area contributed by atoms with Gasteiger partial charge in [0, 0.05) is 10.9 Å². The van der Waals surface area contributed by atoms with Gasteiger partial charge < -0.3 is 10.1 Å². The molecule has 110 valence electrons. The van der Waals surface area contributed by atoms with E-state index in [4.69, 9.17) is 4.74 Å². The Kier molecular flexibility index (Phi) is 4.84. The number of rotatable bonds is 5. The third-order valence-corrected chi connectivity index (χ3v) is 5.06. The van der Waals surface area contributed by atoms with Crippen LogP contribution in [0.25, 0.3) is 0 Å². The van der Waals surface area contributed by atoms with Crippen LogP contribution in [0.5, 0.6) is 5.75 Å². The number of para-hydroxylation sites is 1. The van der Waals surface area contributed by atoms with Gasteiger partial charge in [-0.2, -0.15) is 0 Å². The van der Waals surface area contributed by atoms with Gasteiger partial charge in [-0.25, -0.2) is 0 Å². The molecule has 2 aromatic carbocycles. The molecule has 3 heteroatoms. The number of hydrogen-bond acceptors (Lipinski definition) is 3. The molecular weight excluding hydrogens is 278 g/mol. The van der Waals surface area contributed by atoms with Gasteiger partial charge in [0.2, 0.25) is 0 Å². The fourth-order valence-corrected chi connectivity index (χ4v) is 3.97. The third-order valence-electron chi connectivity index (χ3n) is 3.94. The summed E-state index contributed by atoms with van der Waals surface area (Å²) in [5.74, 6) is 2.18. The van der Waals surface area contributed by atoms with Crippen molar-refractivity contribution in [2.75, 3.05) is 19.4 Å². The van der Waals surface area contributed by atoms with Crippen molar-refractivity contribution in [3.63, 3.8) is 0 Å². The maximum Gasteiger partial charge on any atom is 0.122 e. The molecule has 0 saturated carbocycles. The van der Waals surface area contributed by atoms with Crippen molar-refractivity contribution in [2.24, 2.45) is 0 Å². The minimum Gasteiger partial charge on any atom is -0.496 e. The zero-order chi connectivity index (χ0) is 14.5. The standard InChI is InChI=1S/C18H21NOS/c1-20-17-8-4-2-6-14(17)10-12-19-16-11-13-21-18-9-5-3-7-15(16)18/h2-9,16,19H,10-13H2,1H3. The van der Waals surface area contributed by atoms with Crippen LogP contribution in [-0.2, 0) is 6.42 Å². The number of thioether (sulfide) groups is 1. The monoisotopic (exact) mass is 299 g/mol. The first-order valence-corrected chi connectivity index (χ1v) is 8.44. The van der Waals surface area contributed by atoms with Gasteiger partial charge in [0.05, 0.1) is 7.11 Å². The number of ether oxygens (including phenoxy) is 1. The van der Waals surface area contributed by atoms with Gasteiger partial charge in [0.25, 0.3) is 0 Å². The van der Waals surface area contributed by atoms with E-state index in [0.29, 0.717) is 6.04 Å². The molecule has 21 heavy (non-hydrogen) atoms. The maximum absolute atomic E-state index is 5.41. The van der Waals surface area contributed by atoms with E-state index in [0.717, 1.165) is 18.7 Å². The highest BCUT2D eigenvalue weighted by atomic mass is 32.2. The highest BCUT2D eigenvalue weighted by Crippen LogP contribution is 2.35. The molecule has 1 N–H and O–H groups in total. The van der Waals surface area contributed by atoms with Crippen LogP contribution in [0.2, 0.25) is 0 Å². The minimum atomic E-state index is 0.483. The Labute approximate surface area is 130 Å². The molecule has 1 atom stereocenters. The summed E-state index contributed by atoms with van der Waals surface area (Å²) in [5.41, 5.74) is 2.72. The second-order valence-corrected chi connectivity index (χ2v) is 6.38. The van der Waals surface area contributed by atoms with Crippen molar-refractivity contribution in [3.05, 3.63) is 59.7 Å². The van der Waals surface area contributed by atoms with Crippen molar-refractivity contribution in [1.82, 2.24) is 5.32 Å². The smallest absolute Gasteiger partial charge is 0.122 e. The van der Waals surface area contributed by atoms with Gasteiger partial charge in [-0.05, 0) is 48.4 Å². The average molecular weight is 299 g/mol. The lowest BCUT2D eigenvalue weighted by Crippen LogP contribution is -2.26. The van der Waals surface area contributed by atoms with Crippen molar-refractivity contribution < 1.29 is 4.74 Å². The highest BCUT2D eigenvalue weighted by molar-refractivity contribution is 7.99. The van der Waals surface area contributed by atoms with E-state index in [1.54, 1.807) is 7.11 Å². The van der Waals surface area contributed by atoms with Gasteiger partial charge in [0.15, 0.2) is 0 Å². The quantitative estimate of drug-likeness (QED) is 0.899. The summed E-state index contributed by atoms with van der Waals surface area (Å²) >= 11 is 1.97. The van der Waals surface area contributed by atoms with E-state index in [9.17, 15) is 0 Å². The molecule has 0 saturated heterocycles. The Balaban J connectivity index is 1.61. The first-order chi connectivity index (χ1) is 10.4. The molecule has 0 spiro atoms. The van der Waals surface area contributed by atoms with Crippen LogP contribution in [-0.4, -0.2) is 19.4 Å². The molecule has 1 heterocycles. The van der Waals surface area contributed by atoms with Crippen LogP contribution < -0.4 is 10.1 Å². The molecule has 0 bridgehead atoms. The average Bonchev–Trinajstić information content (AvgIpc) is 2.55. The second-order valence-electron chi connectivity index (χ2n) is 5.24. The molecule has 0 amide bonds. The van der Waals surface area contributed by atoms with Crippen LogP contribution in [0.15, 0.2) is 53.4 Å². The van der Waals surface area contributed by atoms with Crippen LogP contribution >= 0.6 is 11.8 Å². The Morgan fingerprint density at radius 3 is 2.86 bits per heavy atom. The summed E-state index contributed by atoms with van der Waals surface area (Å²) in [6.45, 7) is 0.976. The number of methoxy groups -OCH3 is 1. The predicted molar refractivity (Wildman–Crippen MR) is 89.2 cm³/mol. The highest BCUT2D eigenvalue weighted by Gasteiger charge is 2.19. The Bertz CT molecular complexity index is 599. The molecule has 1 aliphatic heterocycles. The lowest BCUT2D eigenvalue weighted by atomic mass is 10.0. The number of benzene rings is 2. The molecular formula is C18H21NOS. The van der Waals surface area contributed by atoms with E-state index < -0.39 is 0 Å². The Hall–Kier alpha value is -1.45. The topological polar surface area (TPSA) is 21.3 Å². The number of hydrogen-bond donors (Lipinski definition) is 1. The number of nitrogens with one attached hydrogen (secondary N) is 1. The van der Waals surface area contributed by atoms with Crippen LogP contribution in [0.1, 0.15) is 23.6 Å². The van der Waals surface area contributed by atoms with Gasteiger partial charge in [-0.1, -0.05) is 36.4 Å². The maximum atomic E-state index is 5.41. The Morgan fingerprint density at radius 2 is 1.95 bits per heavy atom. The molecule has 1 aliphatic rings. The molecule has 2 aromatic rings. The SMILES string of the molecule is COc1ccccc1CCNC1CCSc2ccccc21. The number of fused-ring (bicyclic) bond motifs is 1. The van der Waals surface area contributed by atoms with Crippen molar-refractivity contribution in [3.8, 4) is 5.75 Å². The fraction of sp³-hybridized carbons (Fsp3) is 0.333. The van der Waals surface area contributed by atoms with Crippen molar-refractivity contribution in [1.29, 1.82) is 0 Å². The lowest BCUT2D eigenvalue weighted by molar-refractivity contribution is 0.408. The van der Waals surface area contributed by atoms with Crippen LogP contribution in [0.3, 0.4) is 0 Å². The van der Waals surface area contributed by atoms with Gasteiger partial charge >= 0.3 is 0 Å². The van der Waals surface area contributed by atoms with Crippen molar-refractivity contribution >= 4 is 11.8 Å². The fourth-order valence-electron chi connectivity index (χ4n) is 2.84. The molecule has 1 unspecified atom stereocenters. The normalized spacial score (nSPS) is 17.3. The van der Waals surface area contributed by atoms with E-state index in [1.165, 1.54) is 28.2 Å². The van der Waals surface area contributed by atoms with E-state index in [-0.39, 0.29) is 0 Å². The third kappa shape index (κ3) is 3.42. The molecule has 0 fully saturated rings. The van der Waals surface area contributed by atoms with Crippen molar-refractivity contribution in [2.45, 2.75) is 23.8 Å². The predicted octanol–water partition coefficient (Wildman–Crippen LogP) is 4.06. The van der Waals surface area contributed by atoms with Gasteiger partial charge in [-0.15, -0.1) is 11.8 Å². The van der Waals surface area contributed by atoms with Crippen LogP contribution in [0, 0.1) is 0 Å². The van der Waals surface area contributed by atoms with E-state index >= 15 is 0 Å². The van der Waals surface area contributed by atoms with E-state index in [1.807, 2.05) is 23.9 Å². The summed E-state index contributed by atoms with van der Waals surface area (Å²) in [6, 6.07) is 17.5. The summed E-state index contributed by atoms with van der Waals surface area (Å²) < 4.78 is 5.41. The largest absolute Gasteiger partial charge is 0.496 e.